The highest BCUT2D eigenvalue weighted by Gasteiger charge is 2.49. The second-order valence-corrected chi connectivity index (χ2v) is 34.5. The Morgan fingerprint density at radius 2 is 0.440 bits per heavy atom. The Labute approximate surface area is 618 Å². The predicted molar refractivity (Wildman–Crippen MR) is 420 cm³/mol. The third kappa shape index (κ3) is 56.5. The Balaban J connectivity index is 6.63. The molecule has 0 aliphatic carbocycles. The molecule has 3 amide bonds. The van der Waals surface area contributed by atoms with Crippen molar-refractivity contribution in [3.8, 4) is 0 Å². The molecule has 0 saturated carbocycles. The lowest BCUT2D eigenvalue weighted by molar-refractivity contribution is -0.890. The normalized spacial score (nSPS) is 12.5. The number of hydrogen-bond acceptors (Lipinski definition) is 12. The summed E-state index contributed by atoms with van der Waals surface area (Å²) in [5, 5.41) is 75.5. The quantitative estimate of drug-likeness (QED) is 0.0157. The van der Waals surface area contributed by atoms with E-state index in [2.05, 4.69) is 57.7 Å². The zero-order valence-electron chi connectivity index (χ0n) is 66.8. The van der Waals surface area contributed by atoms with Crippen LogP contribution in [-0.2, 0) is 27.7 Å². The summed E-state index contributed by atoms with van der Waals surface area (Å²) in [7, 11) is 0.0186. The highest BCUT2D eigenvalue weighted by Crippen LogP contribution is 2.27. The van der Waals surface area contributed by atoms with Crippen LogP contribution in [0.3, 0.4) is 0 Å². The first-order valence-electron chi connectivity index (χ1n) is 42.9. The number of aliphatic hydroxyl groups is 6. The van der Waals surface area contributed by atoms with E-state index in [1.165, 1.54) is 263 Å². The summed E-state index contributed by atoms with van der Waals surface area (Å²) in [6.07, 6.45) is 67.2. The SMILES string of the molecule is CCCCCCCCCCCCCCCCCC[N+](C)(C)CCC[Si](OCC(CO)(CO)NC(=O)CCCCCCCCCCCCCCC)(OCC(CO)(CO)NC(=O)CCCCCCCCCCCCCCC)OCC(CO)(CO)NC(=O)CCCCCCCCCCCCCCC. The fraction of sp³-hybridized carbons (Fsp3) is 0.964. The minimum absolute atomic E-state index is 0.118. The number of rotatable bonds is 81. The lowest BCUT2D eigenvalue weighted by atomic mass is 10.0. The fourth-order valence-electron chi connectivity index (χ4n) is 13.8. The monoisotopic (exact) mass is 1440 g/mol. The van der Waals surface area contributed by atoms with Crippen LogP contribution in [0.2, 0.25) is 6.04 Å². The van der Waals surface area contributed by atoms with Crippen molar-refractivity contribution in [2.24, 2.45) is 0 Å². The van der Waals surface area contributed by atoms with Gasteiger partial charge >= 0.3 is 8.80 Å². The van der Waals surface area contributed by atoms with Gasteiger partial charge in [-0.15, -0.1) is 0 Å². The first kappa shape index (κ1) is 98.2. The molecule has 0 saturated heterocycles. The molecule has 596 valence electrons. The number of hydrogen-bond donors (Lipinski definition) is 9. The van der Waals surface area contributed by atoms with E-state index in [-0.39, 0.29) is 43.0 Å². The van der Waals surface area contributed by atoms with Crippen molar-refractivity contribution >= 4 is 26.5 Å². The lowest BCUT2D eigenvalue weighted by Crippen LogP contribution is -2.64. The van der Waals surface area contributed by atoms with Crippen LogP contribution < -0.4 is 16.0 Å². The van der Waals surface area contributed by atoms with Gasteiger partial charge in [-0.2, -0.15) is 0 Å². The van der Waals surface area contributed by atoms with E-state index in [0.29, 0.717) is 36.7 Å². The number of carbonyl (C=O) groups excluding carboxylic acids is 3. The Hall–Kier alpha value is -1.77. The number of quaternary nitrogens is 1. The van der Waals surface area contributed by atoms with E-state index in [1.807, 2.05) is 0 Å². The molecule has 9 N–H and O–H groups in total. The van der Waals surface area contributed by atoms with Crippen LogP contribution in [0.1, 0.15) is 407 Å². The van der Waals surface area contributed by atoms with Gasteiger partial charge in [0.1, 0.15) is 16.6 Å². The molecule has 100 heavy (non-hydrogen) atoms. The third-order valence-electron chi connectivity index (χ3n) is 21.1. The summed E-state index contributed by atoms with van der Waals surface area (Å²) in [6, 6.07) is 0.118. The molecule has 0 aliphatic heterocycles. The molecule has 0 atom stereocenters. The summed E-state index contributed by atoms with van der Waals surface area (Å²) < 4.78 is 21.4. The van der Waals surface area contributed by atoms with Gasteiger partial charge in [0.2, 0.25) is 17.7 Å². The maximum atomic E-state index is 13.8. The van der Waals surface area contributed by atoms with Crippen molar-refractivity contribution in [2.45, 2.75) is 429 Å². The number of unbranched alkanes of at least 4 members (excludes halogenated alkanes) is 51. The standard InChI is InChI=1S/C83H168N4O12Si/c1-7-11-15-19-23-27-31-35-36-37-41-45-49-53-57-61-66-87(5,6)67-62-68-100(97-75-81(69-88,70-89)84-78(94)63-58-54-50-46-42-38-32-28-24-20-16-12-8-2,98-76-82(71-90,72-91)85-79(95)64-59-55-51-47-43-39-33-29-25-21-17-13-9-3)99-77-83(73-92,74-93)86-80(96)65-60-56-52-48-44-40-34-30-26-22-18-14-10-4/h88-93H,7-77H2,1-6H3,(H2-,84,85,86,94,95,96)/p+1. The largest absolute Gasteiger partial charge is 0.501 e. The Morgan fingerprint density at radius 1 is 0.270 bits per heavy atom. The van der Waals surface area contributed by atoms with Gasteiger partial charge < -0.3 is 64.4 Å². The van der Waals surface area contributed by atoms with Crippen molar-refractivity contribution < 1.29 is 62.8 Å². The molecule has 0 bridgehead atoms. The number of nitrogens with one attached hydrogen (secondary N) is 3. The first-order valence-corrected chi connectivity index (χ1v) is 44.9. The molecule has 0 unspecified atom stereocenters. The van der Waals surface area contributed by atoms with Gasteiger partial charge in [0.05, 0.1) is 86.6 Å². The van der Waals surface area contributed by atoms with Crippen LogP contribution in [0.4, 0.5) is 0 Å². The van der Waals surface area contributed by atoms with Gasteiger partial charge in [0.25, 0.3) is 0 Å². The van der Waals surface area contributed by atoms with E-state index < -0.39 is 84.9 Å². The number of aliphatic hydroxyl groups excluding tert-OH is 6. The van der Waals surface area contributed by atoms with Crippen LogP contribution in [0, 0.1) is 0 Å². The summed E-state index contributed by atoms with van der Waals surface area (Å²) in [5.41, 5.74) is -5.08. The minimum atomic E-state index is -4.36. The van der Waals surface area contributed by atoms with Crippen molar-refractivity contribution in [2.75, 3.05) is 86.6 Å². The summed E-state index contributed by atoms with van der Waals surface area (Å²) >= 11 is 0. The second-order valence-electron chi connectivity index (χ2n) is 31.8. The minimum Gasteiger partial charge on any atom is -0.394 e. The molecule has 0 heterocycles. The molecular weight excluding hydrogens is 1270 g/mol. The maximum Gasteiger partial charge on any atom is 0.501 e. The molecule has 0 radical (unpaired) electrons. The van der Waals surface area contributed by atoms with Gasteiger partial charge in [-0.1, -0.05) is 349 Å². The van der Waals surface area contributed by atoms with Gasteiger partial charge in [-0.25, -0.2) is 0 Å². The van der Waals surface area contributed by atoms with Crippen LogP contribution in [0.25, 0.3) is 0 Å². The number of amides is 3. The van der Waals surface area contributed by atoms with Gasteiger partial charge in [0.15, 0.2) is 0 Å². The molecule has 0 rings (SSSR count). The highest BCUT2D eigenvalue weighted by atomic mass is 28.4. The van der Waals surface area contributed by atoms with Crippen molar-refractivity contribution in [1.29, 1.82) is 0 Å². The molecule has 0 aromatic heterocycles. The smallest absolute Gasteiger partial charge is 0.394 e. The fourth-order valence-corrected chi connectivity index (χ4v) is 16.5. The van der Waals surface area contributed by atoms with Crippen LogP contribution in [0.5, 0.6) is 0 Å². The number of nitrogens with zero attached hydrogens (tertiary/aromatic N) is 1. The topological polar surface area (TPSA) is 236 Å². The highest BCUT2D eigenvalue weighted by molar-refractivity contribution is 6.60. The lowest BCUT2D eigenvalue weighted by Gasteiger charge is -2.41. The average molecular weight is 1440 g/mol. The Morgan fingerprint density at radius 3 is 0.630 bits per heavy atom. The predicted octanol–water partition coefficient (Wildman–Crippen LogP) is 18.7. The third-order valence-corrected chi connectivity index (χ3v) is 23.8. The molecule has 0 fully saturated rings. The zero-order chi connectivity index (χ0) is 73.7. The molecule has 0 aliphatic rings. The van der Waals surface area contributed by atoms with Crippen molar-refractivity contribution in [3.63, 3.8) is 0 Å². The second kappa shape index (κ2) is 69.0. The zero-order valence-corrected chi connectivity index (χ0v) is 67.8. The summed E-state index contributed by atoms with van der Waals surface area (Å²) in [4.78, 5) is 41.4. The Bertz CT molecular complexity index is 1630. The van der Waals surface area contributed by atoms with E-state index in [9.17, 15) is 45.0 Å². The van der Waals surface area contributed by atoms with E-state index in [4.69, 9.17) is 13.3 Å². The molecule has 16 nitrogen and oxygen atoms in total. The van der Waals surface area contributed by atoms with Crippen molar-refractivity contribution in [1.82, 2.24) is 16.0 Å². The van der Waals surface area contributed by atoms with Gasteiger partial charge in [0, 0.05) is 31.7 Å². The van der Waals surface area contributed by atoms with Crippen LogP contribution in [-0.4, -0.2) is 165 Å². The van der Waals surface area contributed by atoms with Crippen LogP contribution >= 0.6 is 0 Å². The first-order chi connectivity index (χ1) is 48.6. The summed E-state index contributed by atoms with van der Waals surface area (Å²) in [6.45, 7) is 5.02. The molecule has 0 aromatic carbocycles. The molecule has 17 heteroatoms. The van der Waals surface area contributed by atoms with E-state index >= 15 is 0 Å². The number of carbonyl (C=O) groups is 3. The van der Waals surface area contributed by atoms with E-state index in [1.54, 1.807) is 0 Å². The molecular formula is C83H169N4O12Si+. The van der Waals surface area contributed by atoms with Gasteiger partial charge in [-0.05, 0) is 32.1 Å². The molecule has 0 aromatic rings. The van der Waals surface area contributed by atoms with Crippen LogP contribution in [0.15, 0.2) is 0 Å². The molecule has 0 spiro atoms. The summed E-state index contributed by atoms with van der Waals surface area (Å²) in [5.74, 6) is -1.06. The Kier molecular flexibility index (Phi) is 67.8. The van der Waals surface area contributed by atoms with Crippen molar-refractivity contribution in [3.05, 3.63) is 0 Å². The van der Waals surface area contributed by atoms with E-state index in [0.717, 1.165) is 77.2 Å². The average Bonchev–Trinajstić information content (AvgIpc) is 0.813. The maximum absolute atomic E-state index is 13.8. The van der Waals surface area contributed by atoms with Gasteiger partial charge in [-0.3, -0.25) is 14.4 Å².